The Labute approximate surface area is 185 Å². The normalized spacial score (nSPS) is 16.3. The summed E-state index contributed by atoms with van der Waals surface area (Å²) in [7, 11) is 1.64. The summed E-state index contributed by atoms with van der Waals surface area (Å²) in [5.41, 5.74) is 3.99. The fourth-order valence-corrected chi connectivity index (χ4v) is 4.49. The lowest BCUT2D eigenvalue weighted by atomic mass is 10.1. The highest BCUT2D eigenvalue weighted by Crippen LogP contribution is 2.34. The van der Waals surface area contributed by atoms with Crippen LogP contribution < -0.4 is 9.64 Å². The van der Waals surface area contributed by atoms with Crippen molar-refractivity contribution in [2.45, 2.75) is 18.9 Å². The first-order valence-electron chi connectivity index (χ1n) is 10.3. The molecule has 3 aromatic carbocycles. The number of anilines is 1. The highest BCUT2D eigenvalue weighted by atomic mass is 35.5. The van der Waals surface area contributed by atoms with Gasteiger partial charge in [0.25, 0.3) is 0 Å². The average Bonchev–Trinajstić information content (AvgIpc) is 3.35. The van der Waals surface area contributed by atoms with Gasteiger partial charge in [-0.05, 0) is 54.1 Å². The summed E-state index contributed by atoms with van der Waals surface area (Å²) < 4.78 is 7.46. The van der Waals surface area contributed by atoms with Gasteiger partial charge in [0.05, 0.1) is 18.1 Å². The first kappa shape index (κ1) is 19.6. The Balaban J connectivity index is 1.50. The molecule has 1 amide bonds. The number of hydrogen-bond acceptors (Lipinski definition) is 3. The summed E-state index contributed by atoms with van der Waals surface area (Å²) in [6, 6.07) is 23.6. The highest BCUT2D eigenvalue weighted by molar-refractivity contribution is 6.30. The molecule has 31 heavy (non-hydrogen) atoms. The van der Waals surface area contributed by atoms with Crippen LogP contribution in [0.1, 0.15) is 23.7 Å². The number of halogens is 1. The predicted molar refractivity (Wildman–Crippen MR) is 123 cm³/mol. The van der Waals surface area contributed by atoms with E-state index in [4.69, 9.17) is 21.3 Å². The molecule has 1 fully saturated rings. The van der Waals surface area contributed by atoms with Crippen LogP contribution in [-0.2, 0) is 11.3 Å². The van der Waals surface area contributed by atoms with Crippen molar-refractivity contribution >= 4 is 34.2 Å². The molecule has 5 nitrogen and oxygen atoms in total. The number of benzene rings is 3. The van der Waals surface area contributed by atoms with Gasteiger partial charge in [0.1, 0.15) is 11.6 Å². The van der Waals surface area contributed by atoms with Crippen LogP contribution in [-0.4, -0.2) is 29.1 Å². The van der Waals surface area contributed by atoms with Gasteiger partial charge < -0.3 is 14.2 Å². The van der Waals surface area contributed by atoms with E-state index in [2.05, 4.69) is 16.7 Å². The van der Waals surface area contributed by atoms with Crippen LogP contribution in [0, 0.1) is 0 Å². The van der Waals surface area contributed by atoms with Crippen molar-refractivity contribution in [3.8, 4) is 5.75 Å². The Hall–Kier alpha value is -3.31. The van der Waals surface area contributed by atoms with E-state index >= 15 is 0 Å². The van der Waals surface area contributed by atoms with E-state index < -0.39 is 0 Å². The van der Waals surface area contributed by atoms with Gasteiger partial charge in [0, 0.05) is 36.1 Å². The lowest BCUT2D eigenvalue weighted by Crippen LogP contribution is -2.24. The number of ether oxygens (including phenoxy) is 1. The summed E-state index contributed by atoms with van der Waals surface area (Å²) in [5.74, 6) is 1.83. The molecule has 4 aromatic rings. The van der Waals surface area contributed by atoms with Gasteiger partial charge in [-0.15, -0.1) is 0 Å². The van der Waals surface area contributed by atoms with Gasteiger partial charge in [-0.25, -0.2) is 4.98 Å². The zero-order valence-corrected chi connectivity index (χ0v) is 17.9. The third-order valence-corrected chi connectivity index (χ3v) is 6.02. The fourth-order valence-electron chi connectivity index (χ4n) is 4.28. The molecule has 1 aliphatic heterocycles. The number of imidazole rings is 1. The van der Waals surface area contributed by atoms with E-state index in [1.54, 1.807) is 7.11 Å². The van der Waals surface area contributed by atoms with Crippen molar-refractivity contribution in [3.63, 3.8) is 0 Å². The van der Waals surface area contributed by atoms with Gasteiger partial charge >= 0.3 is 0 Å². The molecule has 1 saturated heterocycles. The van der Waals surface area contributed by atoms with Gasteiger partial charge in [0.15, 0.2) is 0 Å². The SMILES string of the molecule is COc1ccc(N2C[C@@H](c3nc4ccccc4n3Cc3cccc(Cl)c3)CC2=O)cc1. The van der Waals surface area contributed by atoms with Crippen LogP contribution in [0.2, 0.25) is 5.02 Å². The van der Waals surface area contributed by atoms with E-state index in [-0.39, 0.29) is 11.8 Å². The van der Waals surface area contributed by atoms with Crippen molar-refractivity contribution < 1.29 is 9.53 Å². The quantitative estimate of drug-likeness (QED) is 0.432. The molecule has 0 bridgehead atoms. The summed E-state index contributed by atoms with van der Waals surface area (Å²) in [4.78, 5) is 19.7. The van der Waals surface area contributed by atoms with Crippen molar-refractivity contribution in [2.75, 3.05) is 18.6 Å². The molecule has 156 valence electrons. The minimum absolute atomic E-state index is 0.0150. The zero-order valence-electron chi connectivity index (χ0n) is 17.2. The van der Waals surface area contributed by atoms with Crippen LogP contribution in [0.4, 0.5) is 5.69 Å². The molecule has 1 aromatic heterocycles. The Morgan fingerprint density at radius 1 is 1.06 bits per heavy atom. The van der Waals surface area contributed by atoms with Crippen molar-refractivity contribution in [3.05, 3.63) is 89.2 Å². The maximum absolute atomic E-state index is 12.9. The van der Waals surface area contributed by atoms with Gasteiger partial charge in [-0.2, -0.15) is 0 Å². The second-order valence-corrected chi connectivity index (χ2v) is 8.21. The Morgan fingerprint density at radius 3 is 2.65 bits per heavy atom. The molecule has 2 heterocycles. The number of nitrogens with zero attached hydrogens (tertiary/aromatic N) is 3. The van der Waals surface area contributed by atoms with E-state index in [0.717, 1.165) is 33.9 Å². The standard InChI is InChI=1S/C25H22ClN3O2/c1-31-21-11-9-20(10-12-21)28-16-18(14-24(28)30)25-27-22-7-2-3-8-23(22)29(25)15-17-5-4-6-19(26)13-17/h2-13,18H,14-16H2,1H3/t18-/m0/s1. The molecular formula is C25H22ClN3O2. The summed E-state index contributed by atoms with van der Waals surface area (Å²) in [6.07, 6.45) is 0.435. The minimum atomic E-state index is 0.0150. The summed E-state index contributed by atoms with van der Waals surface area (Å²) >= 11 is 6.21. The van der Waals surface area contributed by atoms with Crippen molar-refractivity contribution in [1.29, 1.82) is 0 Å². The van der Waals surface area contributed by atoms with E-state index in [1.807, 2.05) is 65.6 Å². The smallest absolute Gasteiger partial charge is 0.227 e. The first-order valence-corrected chi connectivity index (χ1v) is 10.6. The van der Waals surface area contributed by atoms with Gasteiger partial charge in [0.2, 0.25) is 5.91 Å². The second kappa shape index (κ2) is 8.08. The van der Waals surface area contributed by atoms with Crippen molar-refractivity contribution in [1.82, 2.24) is 9.55 Å². The van der Waals surface area contributed by atoms with E-state index in [1.165, 1.54) is 0 Å². The van der Waals surface area contributed by atoms with Crippen LogP contribution in [0.5, 0.6) is 5.75 Å². The zero-order chi connectivity index (χ0) is 21.4. The topological polar surface area (TPSA) is 47.4 Å². The number of aromatic nitrogens is 2. The number of carbonyl (C=O) groups is 1. The molecule has 5 rings (SSSR count). The Morgan fingerprint density at radius 2 is 1.87 bits per heavy atom. The maximum atomic E-state index is 12.9. The minimum Gasteiger partial charge on any atom is -0.497 e. The highest BCUT2D eigenvalue weighted by Gasteiger charge is 2.34. The number of fused-ring (bicyclic) bond motifs is 1. The maximum Gasteiger partial charge on any atom is 0.227 e. The molecule has 1 atom stereocenters. The number of para-hydroxylation sites is 2. The molecule has 0 spiro atoms. The second-order valence-electron chi connectivity index (χ2n) is 7.78. The third-order valence-electron chi connectivity index (χ3n) is 5.79. The van der Waals surface area contributed by atoms with Gasteiger partial charge in [-0.1, -0.05) is 35.9 Å². The Kier molecular flexibility index (Phi) is 5.12. The number of amides is 1. The van der Waals surface area contributed by atoms with Crippen LogP contribution in [0.15, 0.2) is 72.8 Å². The monoisotopic (exact) mass is 431 g/mol. The number of hydrogen-bond donors (Lipinski definition) is 0. The number of methoxy groups -OCH3 is 1. The van der Waals surface area contributed by atoms with Crippen molar-refractivity contribution in [2.24, 2.45) is 0 Å². The van der Waals surface area contributed by atoms with Crippen LogP contribution >= 0.6 is 11.6 Å². The molecule has 0 saturated carbocycles. The molecule has 1 aliphatic rings. The lowest BCUT2D eigenvalue weighted by Gasteiger charge is -2.18. The molecule has 6 heteroatoms. The van der Waals surface area contributed by atoms with Crippen LogP contribution in [0.3, 0.4) is 0 Å². The van der Waals surface area contributed by atoms with Gasteiger partial charge in [-0.3, -0.25) is 4.79 Å². The molecule has 0 radical (unpaired) electrons. The van der Waals surface area contributed by atoms with Crippen LogP contribution in [0.25, 0.3) is 11.0 Å². The average molecular weight is 432 g/mol. The summed E-state index contributed by atoms with van der Waals surface area (Å²) in [5, 5.41) is 0.713. The Bertz CT molecular complexity index is 1250. The fraction of sp³-hybridized carbons (Fsp3) is 0.200. The molecular weight excluding hydrogens is 410 g/mol. The summed E-state index contributed by atoms with van der Waals surface area (Å²) in [6.45, 7) is 1.26. The first-order chi connectivity index (χ1) is 15.1. The molecule has 0 aliphatic carbocycles. The number of carbonyl (C=O) groups excluding carboxylic acids is 1. The predicted octanol–water partition coefficient (Wildman–Crippen LogP) is 5.27. The van der Waals surface area contributed by atoms with E-state index in [0.29, 0.717) is 24.5 Å². The number of rotatable bonds is 5. The largest absolute Gasteiger partial charge is 0.497 e. The molecule has 0 unspecified atom stereocenters. The lowest BCUT2D eigenvalue weighted by molar-refractivity contribution is -0.117. The molecule has 0 N–H and O–H groups in total. The van der Waals surface area contributed by atoms with E-state index in [9.17, 15) is 4.79 Å². The third kappa shape index (κ3) is 3.77.